The van der Waals surface area contributed by atoms with Gasteiger partial charge in [-0.25, -0.2) is 0 Å². The summed E-state index contributed by atoms with van der Waals surface area (Å²) in [6.45, 7) is 6.68. The Morgan fingerprint density at radius 2 is 1.81 bits per heavy atom. The first-order valence-corrected chi connectivity index (χ1v) is 12.9. The third kappa shape index (κ3) is 3.93. The summed E-state index contributed by atoms with van der Waals surface area (Å²) in [7, 11) is 0. The van der Waals surface area contributed by atoms with E-state index in [2.05, 4.69) is 20.8 Å². The summed E-state index contributed by atoms with van der Waals surface area (Å²) in [5, 5.41) is 42.0. The van der Waals surface area contributed by atoms with Gasteiger partial charge < -0.3 is 25.2 Å². The van der Waals surface area contributed by atoms with Crippen LogP contribution in [0.5, 0.6) is 0 Å². The van der Waals surface area contributed by atoms with E-state index >= 15 is 0 Å². The SMILES string of the molecule is C[C@H](CCC(=O)OCCO)[C@H]1CC[C@H]2[C@@H]3[C@H](O)C[C@@H]4C[C@H](O)CC[C@]4(C)[C@H]3C[C@H](O)[C@]12C. The average molecular weight is 453 g/mol. The van der Waals surface area contributed by atoms with Crippen molar-refractivity contribution in [3.8, 4) is 0 Å². The Bertz CT molecular complexity index is 683. The first kappa shape index (κ1) is 24.4. The van der Waals surface area contributed by atoms with E-state index in [1.165, 1.54) is 0 Å². The van der Waals surface area contributed by atoms with Gasteiger partial charge in [0.1, 0.15) is 6.61 Å². The van der Waals surface area contributed by atoms with Gasteiger partial charge >= 0.3 is 5.97 Å². The zero-order valence-corrected chi connectivity index (χ0v) is 20.1. The fraction of sp³-hybridized carbons (Fsp3) is 0.962. The molecule has 0 aromatic carbocycles. The molecule has 4 N–H and O–H groups in total. The molecule has 0 amide bonds. The van der Waals surface area contributed by atoms with Gasteiger partial charge in [-0.1, -0.05) is 20.8 Å². The van der Waals surface area contributed by atoms with E-state index in [1.54, 1.807) is 0 Å². The molecule has 0 bridgehead atoms. The highest BCUT2D eigenvalue weighted by molar-refractivity contribution is 5.69. The number of rotatable bonds is 6. The van der Waals surface area contributed by atoms with Crippen molar-refractivity contribution in [3.63, 3.8) is 0 Å². The maximum atomic E-state index is 11.9. The maximum absolute atomic E-state index is 11.9. The lowest BCUT2D eigenvalue weighted by atomic mass is 9.43. The number of ether oxygens (including phenoxy) is 1. The van der Waals surface area contributed by atoms with Crippen LogP contribution >= 0.6 is 0 Å². The molecule has 0 unspecified atom stereocenters. The molecule has 4 saturated carbocycles. The lowest BCUT2D eigenvalue weighted by Gasteiger charge is -2.63. The minimum absolute atomic E-state index is 0.0485. The van der Waals surface area contributed by atoms with Gasteiger partial charge in [0.15, 0.2) is 0 Å². The van der Waals surface area contributed by atoms with Gasteiger partial charge in [0.05, 0.1) is 24.9 Å². The fourth-order valence-electron chi connectivity index (χ4n) is 8.91. The van der Waals surface area contributed by atoms with E-state index in [0.717, 1.165) is 51.4 Å². The van der Waals surface area contributed by atoms with Gasteiger partial charge in [-0.2, -0.15) is 0 Å². The Labute approximate surface area is 192 Å². The summed E-state index contributed by atoms with van der Waals surface area (Å²) in [6, 6.07) is 0. The van der Waals surface area contributed by atoms with Crippen LogP contribution in [-0.4, -0.2) is 57.9 Å². The normalized spacial score (nSPS) is 49.0. The molecule has 0 heterocycles. The molecule has 4 aliphatic rings. The Hall–Kier alpha value is -0.690. The number of hydrogen-bond acceptors (Lipinski definition) is 6. The predicted octanol–water partition coefficient (Wildman–Crippen LogP) is 2.90. The monoisotopic (exact) mass is 452 g/mol. The second-order valence-electron chi connectivity index (χ2n) is 12.0. The lowest BCUT2D eigenvalue weighted by Crippen LogP contribution is -2.62. The Morgan fingerprint density at radius 1 is 1.06 bits per heavy atom. The predicted molar refractivity (Wildman–Crippen MR) is 120 cm³/mol. The van der Waals surface area contributed by atoms with Gasteiger partial charge in [-0.3, -0.25) is 4.79 Å². The van der Waals surface area contributed by atoms with Crippen molar-refractivity contribution in [2.45, 2.75) is 96.9 Å². The molecular formula is C26H44O6. The molecule has 4 aliphatic carbocycles. The van der Waals surface area contributed by atoms with E-state index in [-0.39, 0.29) is 54.1 Å². The number of aliphatic hydroxyl groups is 4. The minimum atomic E-state index is -0.403. The van der Waals surface area contributed by atoms with Crippen LogP contribution in [0.3, 0.4) is 0 Å². The van der Waals surface area contributed by atoms with Crippen LogP contribution in [0.15, 0.2) is 0 Å². The highest BCUT2D eigenvalue weighted by atomic mass is 16.5. The third-order valence-corrected chi connectivity index (χ3v) is 10.7. The van der Waals surface area contributed by atoms with Crippen molar-refractivity contribution in [1.82, 2.24) is 0 Å². The smallest absolute Gasteiger partial charge is 0.305 e. The van der Waals surface area contributed by atoms with Crippen molar-refractivity contribution >= 4 is 5.97 Å². The molecule has 0 radical (unpaired) electrons. The number of hydrogen-bond donors (Lipinski definition) is 4. The Balaban J connectivity index is 1.51. The van der Waals surface area contributed by atoms with Gasteiger partial charge in [0.2, 0.25) is 0 Å². The molecule has 6 nitrogen and oxygen atoms in total. The van der Waals surface area contributed by atoms with E-state index in [9.17, 15) is 20.1 Å². The summed E-state index contributed by atoms with van der Waals surface area (Å²) >= 11 is 0. The van der Waals surface area contributed by atoms with Crippen LogP contribution in [0.1, 0.15) is 78.6 Å². The van der Waals surface area contributed by atoms with Crippen molar-refractivity contribution in [2.75, 3.05) is 13.2 Å². The number of carbonyl (C=O) groups is 1. The molecule has 11 atom stereocenters. The molecule has 6 heteroatoms. The van der Waals surface area contributed by atoms with Gasteiger partial charge in [-0.15, -0.1) is 0 Å². The van der Waals surface area contributed by atoms with E-state index in [0.29, 0.717) is 30.1 Å². The first-order chi connectivity index (χ1) is 15.1. The molecule has 0 aromatic rings. The van der Waals surface area contributed by atoms with Crippen LogP contribution in [0.4, 0.5) is 0 Å². The minimum Gasteiger partial charge on any atom is -0.463 e. The first-order valence-electron chi connectivity index (χ1n) is 12.9. The lowest BCUT2D eigenvalue weighted by molar-refractivity contribution is -0.207. The fourth-order valence-corrected chi connectivity index (χ4v) is 8.91. The molecule has 4 fully saturated rings. The van der Waals surface area contributed by atoms with Gasteiger partial charge in [-0.05, 0) is 97.7 Å². The van der Waals surface area contributed by atoms with Crippen LogP contribution in [-0.2, 0) is 9.53 Å². The number of esters is 1. The van der Waals surface area contributed by atoms with Crippen LogP contribution < -0.4 is 0 Å². The highest BCUT2D eigenvalue weighted by Gasteiger charge is 2.65. The third-order valence-electron chi connectivity index (χ3n) is 10.7. The van der Waals surface area contributed by atoms with Crippen molar-refractivity contribution < 1.29 is 30.0 Å². The van der Waals surface area contributed by atoms with Crippen molar-refractivity contribution in [1.29, 1.82) is 0 Å². The summed E-state index contributed by atoms with van der Waals surface area (Å²) in [5.41, 5.74) is -0.153. The summed E-state index contributed by atoms with van der Waals surface area (Å²) in [5.74, 6) is 1.48. The van der Waals surface area contributed by atoms with Crippen molar-refractivity contribution in [2.24, 2.45) is 46.3 Å². The summed E-state index contributed by atoms with van der Waals surface area (Å²) in [6.07, 6.45) is 6.20. The molecule has 0 aliphatic heterocycles. The molecule has 32 heavy (non-hydrogen) atoms. The van der Waals surface area contributed by atoms with Crippen LogP contribution in [0.2, 0.25) is 0 Å². The van der Waals surface area contributed by atoms with E-state index in [1.807, 2.05) is 0 Å². The zero-order chi connectivity index (χ0) is 23.3. The largest absolute Gasteiger partial charge is 0.463 e. The average Bonchev–Trinajstić information content (AvgIpc) is 3.11. The Morgan fingerprint density at radius 3 is 2.53 bits per heavy atom. The Kier molecular flexibility index (Phi) is 7.00. The second-order valence-corrected chi connectivity index (χ2v) is 12.0. The topological polar surface area (TPSA) is 107 Å². The van der Waals surface area contributed by atoms with E-state index in [4.69, 9.17) is 9.84 Å². The molecule has 184 valence electrons. The molecule has 4 rings (SSSR count). The second kappa shape index (κ2) is 9.16. The number of carbonyl (C=O) groups excluding carboxylic acids is 1. The van der Waals surface area contributed by atoms with Crippen LogP contribution in [0.25, 0.3) is 0 Å². The molecule has 0 aromatic heterocycles. The quantitative estimate of drug-likeness (QED) is 0.462. The standard InChI is InChI=1S/C26H44O6/c1-15(4-7-23(31)32-11-10-27)18-5-6-19-24-20(14-22(30)26(18,19)3)25(2)9-8-17(28)12-16(25)13-21(24)29/h15-22,24,27-30H,4-14H2,1-3H3/t15-,16+,17-,18-,19+,20+,21-,22+,24+,25+,26-/m1/s1. The number of fused-ring (bicyclic) bond motifs is 5. The summed E-state index contributed by atoms with van der Waals surface area (Å²) in [4.78, 5) is 11.9. The van der Waals surface area contributed by atoms with Crippen LogP contribution in [0, 0.1) is 46.3 Å². The molecule has 0 saturated heterocycles. The summed E-state index contributed by atoms with van der Waals surface area (Å²) < 4.78 is 5.02. The highest BCUT2D eigenvalue weighted by Crippen LogP contribution is 2.68. The van der Waals surface area contributed by atoms with Gasteiger partial charge in [0, 0.05) is 6.42 Å². The molecule has 0 spiro atoms. The number of aliphatic hydroxyl groups excluding tert-OH is 4. The van der Waals surface area contributed by atoms with Gasteiger partial charge in [0.25, 0.3) is 0 Å². The van der Waals surface area contributed by atoms with Crippen molar-refractivity contribution in [3.05, 3.63) is 0 Å². The maximum Gasteiger partial charge on any atom is 0.305 e. The zero-order valence-electron chi connectivity index (χ0n) is 20.1. The molecular weight excluding hydrogens is 408 g/mol. The van der Waals surface area contributed by atoms with E-state index < -0.39 is 6.10 Å².